The average molecular weight is 340 g/mol. The minimum Gasteiger partial charge on any atom is -0.294 e. The molecular formula is C25H24O. The molecule has 1 aliphatic rings. The van der Waals surface area contributed by atoms with Gasteiger partial charge in [-0.25, -0.2) is 0 Å². The number of hydrogen-bond acceptors (Lipinski definition) is 1. The maximum absolute atomic E-state index is 13.3. The second-order valence-corrected chi connectivity index (χ2v) is 8.00. The van der Waals surface area contributed by atoms with E-state index in [1.807, 2.05) is 36.4 Å². The number of fused-ring (bicyclic) bond motifs is 2. The van der Waals surface area contributed by atoms with E-state index in [2.05, 4.69) is 50.8 Å². The predicted octanol–water partition coefficient (Wildman–Crippen LogP) is 6.42. The fourth-order valence-corrected chi connectivity index (χ4v) is 4.50. The lowest BCUT2D eigenvalue weighted by molar-refractivity contribution is 0.0954. The minimum atomic E-state index is 0.107. The summed E-state index contributed by atoms with van der Waals surface area (Å²) in [7, 11) is 0. The van der Waals surface area contributed by atoms with E-state index in [9.17, 15) is 4.79 Å². The summed E-state index contributed by atoms with van der Waals surface area (Å²) in [6.07, 6.45) is 3.45. The summed E-state index contributed by atoms with van der Waals surface area (Å²) >= 11 is 0. The van der Waals surface area contributed by atoms with Gasteiger partial charge in [-0.15, -0.1) is 0 Å². The van der Waals surface area contributed by atoms with E-state index >= 15 is 0 Å². The van der Waals surface area contributed by atoms with Crippen molar-refractivity contribution in [1.82, 2.24) is 0 Å². The van der Waals surface area contributed by atoms with Gasteiger partial charge in [0.25, 0.3) is 0 Å². The first-order valence-corrected chi connectivity index (χ1v) is 9.26. The van der Waals surface area contributed by atoms with Gasteiger partial charge < -0.3 is 0 Å². The Morgan fingerprint density at radius 3 is 2.50 bits per heavy atom. The van der Waals surface area contributed by atoms with Gasteiger partial charge in [0, 0.05) is 12.0 Å². The Morgan fingerprint density at radius 1 is 1.04 bits per heavy atom. The quantitative estimate of drug-likeness (QED) is 0.501. The van der Waals surface area contributed by atoms with Crippen molar-refractivity contribution in [3.63, 3.8) is 0 Å². The molecule has 0 aromatic heterocycles. The zero-order valence-electron chi connectivity index (χ0n) is 15.5. The molecule has 0 spiro atoms. The number of rotatable bonds is 4. The van der Waals surface area contributed by atoms with Crippen molar-refractivity contribution < 1.29 is 4.79 Å². The van der Waals surface area contributed by atoms with Crippen molar-refractivity contribution in [2.24, 2.45) is 5.41 Å². The van der Waals surface area contributed by atoms with E-state index < -0.39 is 0 Å². The van der Waals surface area contributed by atoms with Gasteiger partial charge in [0.1, 0.15) is 0 Å². The average Bonchev–Trinajstić information content (AvgIpc) is 2.90. The van der Waals surface area contributed by atoms with Crippen LogP contribution in [-0.2, 0) is 6.42 Å². The first-order chi connectivity index (χ1) is 12.5. The molecule has 1 atom stereocenters. The molecule has 0 radical (unpaired) electrons. The molecule has 130 valence electrons. The van der Waals surface area contributed by atoms with E-state index in [1.165, 1.54) is 11.1 Å². The van der Waals surface area contributed by atoms with Crippen LogP contribution in [0.1, 0.15) is 53.2 Å². The van der Waals surface area contributed by atoms with Gasteiger partial charge in [-0.2, -0.15) is 0 Å². The van der Waals surface area contributed by atoms with E-state index in [0.717, 1.165) is 28.3 Å². The second kappa shape index (κ2) is 6.25. The van der Waals surface area contributed by atoms with Crippen molar-refractivity contribution in [3.05, 3.63) is 89.5 Å². The Bertz CT molecular complexity index is 1010. The molecule has 4 rings (SSSR count). The van der Waals surface area contributed by atoms with Gasteiger partial charge in [0.15, 0.2) is 5.78 Å². The smallest absolute Gasteiger partial charge is 0.164 e. The molecule has 0 aliphatic heterocycles. The Kier molecular flexibility index (Phi) is 4.03. The van der Waals surface area contributed by atoms with Crippen LogP contribution >= 0.6 is 0 Å². The molecule has 0 N–H and O–H groups in total. The largest absolute Gasteiger partial charge is 0.294 e. The van der Waals surface area contributed by atoms with Crippen LogP contribution in [0.15, 0.2) is 67.2 Å². The number of hydrogen-bond donors (Lipinski definition) is 0. The zero-order valence-corrected chi connectivity index (χ0v) is 15.5. The SMILES string of the molecule is C=Cc1ccc(C(=O)CC2c3ccccc3CC2(C)C)c2ccccc12. The van der Waals surface area contributed by atoms with Gasteiger partial charge in [-0.3, -0.25) is 4.79 Å². The van der Waals surface area contributed by atoms with Crippen LogP contribution in [0.2, 0.25) is 0 Å². The van der Waals surface area contributed by atoms with Gasteiger partial charge in [-0.05, 0) is 45.2 Å². The highest BCUT2D eigenvalue weighted by Gasteiger charge is 2.39. The van der Waals surface area contributed by atoms with Crippen molar-refractivity contribution in [1.29, 1.82) is 0 Å². The minimum absolute atomic E-state index is 0.107. The predicted molar refractivity (Wildman–Crippen MR) is 110 cm³/mol. The summed E-state index contributed by atoms with van der Waals surface area (Å²) in [6.45, 7) is 8.46. The lowest BCUT2D eigenvalue weighted by atomic mass is 9.76. The van der Waals surface area contributed by atoms with Crippen LogP contribution in [0.5, 0.6) is 0 Å². The summed E-state index contributed by atoms with van der Waals surface area (Å²) in [5.74, 6) is 0.496. The first kappa shape index (κ1) is 16.8. The molecule has 26 heavy (non-hydrogen) atoms. The third-order valence-electron chi connectivity index (χ3n) is 5.89. The summed E-state index contributed by atoms with van der Waals surface area (Å²) in [6, 6.07) is 20.7. The van der Waals surface area contributed by atoms with E-state index in [4.69, 9.17) is 0 Å². The molecule has 0 fully saturated rings. The third kappa shape index (κ3) is 2.68. The first-order valence-electron chi connectivity index (χ1n) is 9.26. The molecule has 1 unspecified atom stereocenters. The van der Waals surface area contributed by atoms with Crippen molar-refractivity contribution in [2.75, 3.05) is 0 Å². The van der Waals surface area contributed by atoms with Gasteiger partial charge >= 0.3 is 0 Å². The van der Waals surface area contributed by atoms with Crippen LogP contribution in [-0.4, -0.2) is 5.78 Å². The lowest BCUT2D eigenvalue weighted by Gasteiger charge is -2.27. The fraction of sp³-hybridized carbons (Fsp3) is 0.240. The van der Waals surface area contributed by atoms with E-state index in [1.54, 1.807) is 0 Å². The molecule has 1 aliphatic carbocycles. The maximum atomic E-state index is 13.3. The summed E-state index contributed by atoms with van der Waals surface area (Å²) in [5.41, 5.74) is 4.74. The number of Topliss-reactive ketones (excluding diaryl/α,β-unsaturated/α-hetero) is 1. The highest BCUT2D eigenvalue weighted by molar-refractivity contribution is 6.10. The second-order valence-electron chi connectivity index (χ2n) is 8.00. The topological polar surface area (TPSA) is 17.1 Å². The highest BCUT2D eigenvalue weighted by Crippen LogP contribution is 2.49. The molecule has 3 aromatic carbocycles. The van der Waals surface area contributed by atoms with Gasteiger partial charge in [-0.1, -0.05) is 87.2 Å². The molecule has 0 bridgehead atoms. The number of carbonyl (C=O) groups excluding carboxylic acids is 1. The lowest BCUT2D eigenvalue weighted by Crippen LogP contribution is -2.21. The molecule has 0 saturated carbocycles. The van der Waals surface area contributed by atoms with Gasteiger partial charge in [0.05, 0.1) is 0 Å². The molecule has 0 heterocycles. The third-order valence-corrected chi connectivity index (χ3v) is 5.89. The fourth-order valence-electron chi connectivity index (χ4n) is 4.50. The van der Waals surface area contributed by atoms with Crippen LogP contribution in [0.25, 0.3) is 16.8 Å². The molecule has 0 saturated heterocycles. The highest BCUT2D eigenvalue weighted by atomic mass is 16.1. The standard InChI is InChI=1S/C25H24O/c1-4-17-13-14-22(21-12-8-7-10-19(17)21)24(26)15-23-20-11-6-5-9-18(20)16-25(23,2)3/h4-14,23H,1,15-16H2,2-3H3. The molecule has 1 nitrogen and oxygen atoms in total. The van der Waals surface area contributed by atoms with Gasteiger partial charge in [0.2, 0.25) is 0 Å². The van der Waals surface area contributed by atoms with Crippen LogP contribution in [0.3, 0.4) is 0 Å². The number of ketones is 1. The van der Waals surface area contributed by atoms with Crippen molar-refractivity contribution >= 4 is 22.6 Å². The van der Waals surface area contributed by atoms with Crippen LogP contribution in [0, 0.1) is 5.41 Å². The summed E-state index contributed by atoms with van der Waals surface area (Å²) in [5, 5.41) is 2.12. The maximum Gasteiger partial charge on any atom is 0.164 e. The summed E-state index contributed by atoms with van der Waals surface area (Å²) in [4.78, 5) is 13.3. The molecule has 1 heteroatoms. The Morgan fingerprint density at radius 2 is 1.73 bits per heavy atom. The van der Waals surface area contributed by atoms with E-state index in [0.29, 0.717) is 6.42 Å². The van der Waals surface area contributed by atoms with E-state index in [-0.39, 0.29) is 17.1 Å². The molecule has 0 amide bonds. The number of benzene rings is 3. The Balaban J connectivity index is 1.74. The Hall–Kier alpha value is -2.67. The molecular weight excluding hydrogens is 316 g/mol. The number of carbonyl (C=O) groups is 1. The van der Waals surface area contributed by atoms with Crippen LogP contribution in [0.4, 0.5) is 0 Å². The zero-order chi connectivity index (χ0) is 18.3. The summed E-state index contributed by atoms with van der Waals surface area (Å²) < 4.78 is 0. The van der Waals surface area contributed by atoms with Crippen LogP contribution < -0.4 is 0 Å². The monoisotopic (exact) mass is 340 g/mol. The Labute approximate surface area is 155 Å². The van der Waals surface area contributed by atoms with Crippen molar-refractivity contribution in [2.45, 2.75) is 32.6 Å². The normalized spacial score (nSPS) is 17.8. The molecule has 3 aromatic rings. The van der Waals surface area contributed by atoms with Crippen molar-refractivity contribution in [3.8, 4) is 0 Å².